The molecular formula is C25H23ClFN3O. The summed E-state index contributed by atoms with van der Waals surface area (Å²) in [4.78, 5) is 17.7. The van der Waals surface area contributed by atoms with E-state index in [1.165, 1.54) is 29.8 Å². The Bertz CT molecular complexity index is 1130. The molecule has 5 rings (SSSR count). The van der Waals surface area contributed by atoms with Crippen LogP contribution in [0, 0.1) is 5.82 Å². The zero-order valence-corrected chi connectivity index (χ0v) is 17.8. The van der Waals surface area contributed by atoms with Crippen LogP contribution in [0.25, 0.3) is 0 Å². The molecule has 2 N–H and O–H groups in total. The maximum atomic E-state index is 13.2. The summed E-state index contributed by atoms with van der Waals surface area (Å²) in [6.45, 7) is 0. The average Bonchev–Trinajstić information content (AvgIpc) is 3.55. The summed E-state index contributed by atoms with van der Waals surface area (Å²) in [6, 6.07) is 17.7. The zero-order chi connectivity index (χ0) is 21.4. The van der Waals surface area contributed by atoms with Crippen molar-refractivity contribution in [2.45, 2.75) is 43.7 Å². The normalized spacial score (nSPS) is 18.7. The third-order valence-electron chi connectivity index (χ3n) is 6.16. The Balaban J connectivity index is 1.36. The lowest BCUT2D eigenvalue weighted by molar-refractivity contribution is 0.0929. The van der Waals surface area contributed by atoms with Gasteiger partial charge in [-0.15, -0.1) is 0 Å². The van der Waals surface area contributed by atoms with Crippen molar-refractivity contribution in [1.29, 1.82) is 0 Å². The summed E-state index contributed by atoms with van der Waals surface area (Å²) < 4.78 is 13.2. The van der Waals surface area contributed by atoms with Gasteiger partial charge in [0.05, 0.1) is 17.3 Å². The number of rotatable bonds is 5. The van der Waals surface area contributed by atoms with Crippen molar-refractivity contribution in [3.63, 3.8) is 0 Å². The minimum absolute atomic E-state index is 0.188. The molecule has 158 valence electrons. The third-order valence-corrected chi connectivity index (χ3v) is 6.39. The Morgan fingerprint density at radius 3 is 2.65 bits per heavy atom. The maximum absolute atomic E-state index is 13.2. The number of hydrogen-bond donors (Lipinski definition) is 2. The first-order chi connectivity index (χ1) is 15.0. The predicted molar refractivity (Wildman–Crippen MR) is 120 cm³/mol. The van der Waals surface area contributed by atoms with Crippen LogP contribution in [0.2, 0.25) is 5.02 Å². The fourth-order valence-corrected chi connectivity index (χ4v) is 4.51. The number of aromatic nitrogens is 1. The van der Waals surface area contributed by atoms with Crippen LogP contribution in [-0.2, 0) is 12.0 Å². The highest BCUT2D eigenvalue weighted by Gasteiger charge is 2.47. The lowest BCUT2D eigenvalue weighted by Crippen LogP contribution is -2.36. The molecule has 31 heavy (non-hydrogen) atoms. The number of carbonyl (C=O) groups excluding carboxylic acids is 1. The molecule has 6 heteroatoms. The topological polar surface area (TPSA) is 54.0 Å². The summed E-state index contributed by atoms with van der Waals surface area (Å²) in [5.41, 5.74) is 4.23. The van der Waals surface area contributed by atoms with Gasteiger partial charge in [-0.2, -0.15) is 0 Å². The molecule has 0 spiro atoms. The van der Waals surface area contributed by atoms with Crippen LogP contribution in [-0.4, -0.2) is 10.9 Å². The van der Waals surface area contributed by atoms with Gasteiger partial charge in [-0.05, 0) is 86.2 Å². The van der Waals surface area contributed by atoms with Gasteiger partial charge in [0.25, 0.3) is 5.91 Å². The number of nitrogens with zero attached hydrogens (tertiary/aromatic N) is 1. The fraction of sp³-hybridized carbons (Fsp3) is 0.280. The highest BCUT2D eigenvalue weighted by molar-refractivity contribution is 6.30. The quantitative estimate of drug-likeness (QED) is 0.533. The molecule has 3 aromatic rings. The van der Waals surface area contributed by atoms with Crippen LogP contribution >= 0.6 is 11.6 Å². The van der Waals surface area contributed by atoms with E-state index >= 15 is 0 Å². The second kappa shape index (κ2) is 7.97. The van der Waals surface area contributed by atoms with Crippen LogP contribution in [0.4, 0.5) is 10.1 Å². The predicted octanol–water partition coefficient (Wildman–Crippen LogP) is 5.78. The third kappa shape index (κ3) is 4.15. The number of fused-ring (bicyclic) bond motifs is 1. The molecule has 1 aromatic heterocycles. The Kier molecular flexibility index (Phi) is 5.14. The Labute approximate surface area is 185 Å². The second-order valence-electron chi connectivity index (χ2n) is 8.38. The van der Waals surface area contributed by atoms with E-state index in [1.807, 2.05) is 30.3 Å². The average molecular weight is 436 g/mol. The maximum Gasteiger partial charge on any atom is 0.252 e. The first kappa shape index (κ1) is 20.0. The molecule has 1 atom stereocenters. The van der Waals surface area contributed by atoms with Gasteiger partial charge in [0, 0.05) is 22.0 Å². The van der Waals surface area contributed by atoms with E-state index in [0.29, 0.717) is 10.6 Å². The van der Waals surface area contributed by atoms with E-state index in [1.54, 1.807) is 0 Å². The van der Waals surface area contributed by atoms with Crippen LogP contribution in [0.5, 0.6) is 0 Å². The smallest absolute Gasteiger partial charge is 0.252 e. The van der Waals surface area contributed by atoms with Crippen molar-refractivity contribution < 1.29 is 9.18 Å². The molecule has 1 heterocycles. The molecule has 0 radical (unpaired) electrons. The van der Waals surface area contributed by atoms with E-state index < -0.39 is 5.54 Å². The first-order valence-electron chi connectivity index (χ1n) is 10.6. The van der Waals surface area contributed by atoms with Crippen LogP contribution in [0.15, 0.2) is 60.7 Å². The van der Waals surface area contributed by atoms with Gasteiger partial charge in [0.1, 0.15) is 5.82 Å². The van der Waals surface area contributed by atoms with E-state index in [2.05, 4.69) is 16.7 Å². The molecule has 4 nitrogen and oxygen atoms in total. The number of halogens is 2. The van der Waals surface area contributed by atoms with Gasteiger partial charge in [-0.1, -0.05) is 23.7 Å². The number of nitrogens with one attached hydrogen (secondary N) is 2. The summed E-state index contributed by atoms with van der Waals surface area (Å²) in [5.74, 6) is -0.549. The Hall–Kier alpha value is -2.92. The molecule has 0 saturated heterocycles. The Morgan fingerprint density at radius 1 is 1.10 bits per heavy atom. The van der Waals surface area contributed by atoms with Crippen molar-refractivity contribution in [3.05, 3.63) is 94.0 Å². The molecule has 0 aliphatic heterocycles. The van der Waals surface area contributed by atoms with Crippen LogP contribution in [0.3, 0.4) is 0 Å². The molecule has 2 aliphatic rings. The highest BCUT2D eigenvalue weighted by atomic mass is 35.5. The van der Waals surface area contributed by atoms with Crippen molar-refractivity contribution in [2.24, 2.45) is 0 Å². The van der Waals surface area contributed by atoms with E-state index in [9.17, 15) is 9.18 Å². The lowest BCUT2D eigenvalue weighted by atomic mass is 9.90. The largest absolute Gasteiger partial charge is 0.378 e. The van der Waals surface area contributed by atoms with E-state index in [0.717, 1.165) is 49.2 Å². The molecule has 1 saturated carbocycles. The number of anilines is 1. The highest BCUT2D eigenvalue weighted by Crippen LogP contribution is 2.46. The number of amides is 1. The number of pyridine rings is 1. The molecule has 1 fully saturated rings. The van der Waals surface area contributed by atoms with Crippen LogP contribution in [0.1, 0.15) is 59.0 Å². The Morgan fingerprint density at radius 2 is 1.90 bits per heavy atom. The van der Waals surface area contributed by atoms with Gasteiger partial charge >= 0.3 is 0 Å². The molecule has 0 unspecified atom stereocenters. The minimum atomic E-state index is -0.423. The van der Waals surface area contributed by atoms with Gasteiger partial charge < -0.3 is 10.6 Å². The van der Waals surface area contributed by atoms with Gasteiger partial charge in [0.2, 0.25) is 0 Å². The zero-order valence-electron chi connectivity index (χ0n) is 17.0. The lowest BCUT2D eigenvalue weighted by Gasteiger charge is -2.28. The SMILES string of the molecule is O=C(NC1(c2ccc3c(n2)CCC[C@H]3Nc2cccc(Cl)c2)CC1)c1ccc(F)cc1. The van der Waals surface area contributed by atoms with E-state index in [-0.39, 0.29) is 17.8 Å². The second-order valence-corrected chi connectivity index (χ2v) is 8.81. The number of carbonyl (C=O) groups is 1. The fourth-order valence-electron chi connectivity index (χ4n) is 4.32. The first-order valence-corrected chi connectivity index (χ1v) is 11.0. The van der Waals surface area contributed by atoms with Crippen molar-refractivity contribution in [3.8, 4) is 0 Å². The van der Waals surface area contributed by atoms with Crippen molar-refractivity contribution in [1.82, 2.24) is 10.3 Å². The summed E-state index contributed by atoms with van der Waals surface area (Å²) in [7, 11) is 0. The summed E-state index contributed by atoms with van der Waals surface area (Å²) in [6.07, 6.45) is 4.73. The van der Waals surface area contributed by atoms with Crippen LogP contribution < -0.4 is 10.6 Å². The number of hydrogen-bond acceptors (Lipinski definition) is 3. The standard InChI is InChI=1S/C25H23ClFN3O/c26-17-3-1-4-19(15-17)28-21-5-2-6-22-20(21)11-12-23(29-22)25(13-14-25)30-24(31)16-7-9-18(27)10-8-16/h1,3-4,7-12,15,21,28H,2,5-6,13-14H2,(H,30,31)/t21-/m1/s1. The minimum Gasteiger partial charge on any atom is -0.378 e. The van der Waals surface area contributed by atoms with Gasteiger partial charge in [0.15, 0.2) is 0 Å². The monoisotopic (exact) mass is 435 g/mol. The van der Waals surface area contributed by atoms with E-state index in [4.69, 9.17) is 16.6 Å². The van der Waals surface area contributed by atoms with Gasteiger partial charge in [-0.25, -0.2) is 4.39 Å². The number of aryl methyl sites for hydroxylation is 1. The molecule has 2 aliphatic carbocycles. The van der Waals surface area contributed by atoms with Gasteiger partial charge in [-0.3, -0.25) is 9.78 Å². The van der Waals surface area contributed by atoms with Crippen molar-refractivity contribution in [2.75, 3.05) is 5.32 Å². The summed E-state index contributed by atoms with van der Waals surface area (Å²) in [5, 5.41) is 7.42. The number of benzene rings is 2. The molecule has 0 bridgehead atoms. The van der Waals surface area contributed by atoms with Crippen molar-refractivity contribution >= 4 is 23.2 Å². The summed E-state index contributed by atoms with van der Waals surface area (Å²) >= 11 is 6.13. The molecule has 1 amide bonds. The molecular weight excluding hydrogens is 413 g/mol. The molecule has 2 aromatic carbocycles.